The van der Waals surface area contributed by atoms with Crippen LogP contribution in [-0.2, 0) is 11.2 Å². The topological polar surface area (TPSA) is 79.2 Å². The number of ether oxygens (including phenoxy) is 2. The van der Waals surface area contributed by atoms with E-state index in [1.807, 2.05) is 35.7 Å². The lowest BCUT2D eigenvalue weighted by atomic mass is 9.92. The first-order valence-corrected chi connectivity index (χ1v) is 9.33. The van der Waals surface area contributed by atoms with E-state index in [2.05, 4.69) is 0 Å². The van der Waals surface area contributed by atoms with Crippen molar-refractivity contribution in [2.24, 2.45) is 0 Å². The van der Waals surface area contributed by atoms with Crippen molar-refractivity contribution < 1.29 is 24.8 Å². The molecule has 1 saturated heterocycles. The van der Waals surface area contributed by atoms with Gasteiger partial charge in [0.2, 0.25) is 0 Å². The molecule has 0 amide bonds. The Morgan fingerprint density at radius 3 is 2.48 bits per heavy atom. The molecule has 2 aromatic rings. The predicted molar refractivity (Wildman–Crippen MR) is 93.9 cm³/mol. The molecule has 0 bridgehead atoms. The normalized spacial score (nSPS) is 30.4. The second kappa shape index (κ2) is 6.37. The summed E-state index contributed by atoms with van der Waals surface area (Å²) in [5, 5.41) is 32.6. The molecule has 1 spiro atoms. The van der Waals surface area contributed by atoms with Crippen LogP contribution in [0.1, 0.15) is 34.9 Å². The van der Waals surface area contributed by atoms with Crippen LogP contribution in [0.3, 0.4) is 0 Å². The monoisotopic (exact) mass is 362 g/mol. The Morgan fingerprint density at radius 1 is 1.12 bits per heavy atom. The maximum atomic E-state index is 10.3. The highest BCUT2D eigenvalue weighted by atomic mass is 32.1. The molecule has 134 valence electrons. The molecule has 3 N–H and O–H groups in total. The van der Waals surface area contributed by atoms with Crippen molar-refractivity contribution in [3.8, 4) is 5.75 Å². The highest BCUT2D eigenvalue weighted by Crippen LogP contribution is 2.52. The highest BCUT2D eigenvalue weighted by molar-refractivity contribution is 7.10. The van der Waals surface area contributed by atoms with Gasteiger partial charge in [-0.2, -0.15) is 0 Å². The quantitative estimate of drug-likeness (QED) is 0.776. The Hall–Kier alpha value is -1.44. The summed E-state index contributed by atoms with van der Waals surface area (Å²) in [6.07, 6.45) is -1.67. The Morgan fingerprint density at radius 2 is 1.84 bits per heavy atom. The molecular weight excluding hydrogens is 340 g/mol. The van der Waals surface area contributed by atoms with Gasteiger partial charge in [0, 0.05) is 4.88 Å². The SMILES string of the molecule is COc1ccc(Cc2csc([C@@H]3OC4(CC4)[C@@H](O)[C@H](O)[C@H]3O)c2)cc1. The van der Waals surface area contributed by atoms with Gasteiger partial charge >= 0.3 is 0 Å². The molecule has 1 aliphatic carbocycles. The summed E-state index contributed by atoms with van der Waals surface area (Å²) in [7, 11) is 1.65. The van der Waals surface area contributed by atoms with Crippen molar-refractivity contribution >= 4 is 11.3 Å². The van der Waals surface area contributed by atoms with Crippen LogP contribution in [0.4, 0.5) is 0 Å². The molecule has 1 aromatic heterocycles. The van der Waals surface area contributed by atoms with E-state index < -0.39 is 30.0 Å². The third-order valence-electron chi connectivity index (χ3n) is 5.15. The smallest absolute Gasteiger partial charge is 0.121 e. The summed E-state index contributed by atoms with van der Waals surface area (Å²) in [6.45, 7) is 0. The molecule has 1 aliphatic heterocycles. The van der Waals surface area contributed by atoms with Gasteiger partial charge in [0.1, 0.15) is 30.2 Å². The van der Waals surface area contributed by atoms with E-state index in [9.17, 15) is 15.3 Å². The number of hydrogen-bond acceptors (Lipinski definition) is 6. The zero-order valence-corrected chi connectivity index (χ0v) is 14.8. The zero-order chi connectivity index (χ0) is 17.6. The fourth-order valence-corrected chi connectivity index (χ4v) is 4.43. The number of methoxy groups -OCH3 is 1. The van der Waals surface area contributed by atoms with Crippen LogP contribution in [0.25, 0.3) is 0 Å². The number of hydrogen-bond donors (Lipinski definition) is 3. The van der Waals surface area contributed by atoms with Gasteiger partial charge in [0.05, 0.1) is 12.7 Å². The van der Waals surface area contributed by atoms with Gasteiger partial charge < -0.3 is 24.8 Å². The van der Waals surface area contributed by atoms with Gasteiger partial charge in [0.25, 0.3) is 0 Å². The standard InChI is InChI=1S/C19H22O5S/c1-23-13-4-2-11(3-5-13)8-12-9-14(25-10-12)17-15(20)16(21)18(22)19(24-17)6-7-19/h2-5,9-10,15-18,20-22H,6-8H2,1H3/t15-,16-,17+,18+/m1/s1. The first kappa shape index (κ1) is 17.0. The summed E-state index contributed by atoms with van der Waals surface area (Å²) in [5.74, 6) is 0.829. The molecule has 25 heavy (non-hydrogen) atoms. The van der Waals surface area contributed by atoms with E-state index in [0.29, 0.717) is 0 Å². The Bertz CT molecular complexity index is 737. The van der Waals surface area contributed by atoms with Gasteiger partial charge in [-0.3, -0.25) is 0 Å². The minimum Gasteiger partial charge on any atom is -0.497 e. The average molecular weight is 362 g/mol. The number of benzene rings is 1. The van der Waals surface area contributed by atoms with Crippen LogP contribution < -0.4 is 4.74 Å². The van der Waals surface area contributed by atoms with E-state index in [1.54, 1.807) is 7.11 Å². The maximum Gasteiger partial charge on any atom is 0.121 e. The van der Waals surface area contributed by atoms with E-state index in [0.717, 1.165) is 35.5 Å². The van der Waals surface area contributed by atoms with E-state index in [4.69, 9.17) is 9.47 Å². The zero-order valence-electron chi connectivity index (χ0n) is 14.0. The summed E-state index contributed by atoms with van der Waals surface area (Å²) >= 11 is 1.52. The van der Waals surface area contributed by atoms with Crippen molar-refractivity contribution in [3.63, 3.8) is 0 Å². The molecule has 5 nitrogen and oxygen atoms in total. The van der Waals surface area contributed by atoms with Crippen molar-refractivity contribution in [1.82, 2.24) is 0 Å². The average Bonchev–Trinajstić information content (AvgIpc) is 3.27. The predicted octanol–water partition coefficient (Wildman–Crippen LogP) is 2.03. The summed E-state index contributed by atoms with van der Waals surface area (Å²) in [6, 6.07) is 9.95. The minimum atomic E-state index is -1.17. The first-order valence-electron chi connectivity index (χ1n) is 8.45. The van der Waals surface area contributed by atoms with Crippen LogP contribution >= 0.6 is 11.3 Å². The number of thiophene rings is 1. The fraction of sp³-hybridized carbons (Fsp3) is 0.474. The maximum absolute atomic E-state index is 10.3. The van der Waals surface area contributed by atoms with Crippen LogP contribution in [-0.4, -0.2) is 46.3 Å². The van der Waals surface area contributed by atoms with Gasteiger partial charge in [-0.25, -0.2) is 0 Å². The lowest BCUT2D eigenvalue weighted by Crippen LogP contribution is -2.55. The molecule has 6 heteroatoms. The molecule has 1 aromatic carbocycles. The van der Waals surface area contributed by atoms with Crippen molar-refractivity contribution in [1.29, 1.82) is 0 Å². The third kappa shape index (κ3) is 3.09. The number of aliphatic hydroxyl groups excluding tert-OH is 3. The second-order valence-electron chi connectivity index (χ2n) is 6.91. The lowest BCUT2D eigenvalue weighted by molar-refractivity contribution is -0.235. The van der Waals surface area contributed by atoms with Crippen LogP contribution in [0, 0.1) is 0 Å². The van der Waals surface area contributed by atoms with Crippen LogP contribution in [0.15, 0.2) is 35.7 Å². The summed E-state index contributed by atoms with van der Waals surface area (Å²) < 4.78 is 11.2. The second-order valence-corrected chi connectivity index (χ2v) is 7.85. The third-order valence-corrected chi connectivity index (χ3v) is 6.19. The van der Waals surface area contributed by atoms with Crippen molar-refractivity contribution in [3.05, 3.63) is 51.7 Å². The number of aliphatic hydroxyl groups is 3. The molecule has 4 atom stereocenters. The Balaban J connectivity index is 1.50. The minimum absolute atomic E-state index is 0.587. The van der Waals surface area contributed by atoms with Gasteiger partial charge in [-0.15, -0.1) is 11.3 Å². The molecule has 1 saturated carbocycles. The molecule has 2 heterocycles. The fourth-order valence-electron chi connectivity index (χ4n) is 3.45. The largest absolute Gasteiger partial charge is 0.497 e. The summed E-state index contributed by atoms with van der Waals surface area (Å²) in [4.78, 5) is 0.883. The molecule has 0 radical (unpaired) electrons. The van der Waals surface area contributed by atoms with E-state index in [1.165, 1.54) is 16.9 Å². The Kier molecular flexibility index (Phi) is 4.33. The molecule has 2 aliphatic rings. The van der Waals surface area contributed by atoms with Gasteiger partial charge in [-0.05, 0) is 54.0 Å². The van der Waals surface area contributed by atoms with Gasteiger partial charge in [0.15, 0.2) is 0 Å². The molecule has 0 unspecified atom stereocenters. The van der Waals surface area contributed by atoms with Crippen LogP contribution in [0.5, 0.6) is 5.75 Å². The first-order chi connectivity index (χ1) is 12.0. The Labute approximate surface area is 150 Å². The van der Waals surface area contributed by atoms with Crippen molar-refractivity contribution in [2.75, 3.05) is 7.11 Å². The van der Waals surface area contributed by atoms with E-state index in [-0.39, 0.29) is 0 Å². The van der Waals surface area contributed by atoms with Crippen LogP contribution in [0.2, 0.25) is 0 Å². The number of rotatable bonds is 4. The van der Waals surface area contributed by atoms with E-state index >= 15 is 0 Å². The highest BCUT2D eigenvalue weighted by Gasteiger charge is 2.60. The molecular formula is C19H22O5S. The van der Waals surface area contributed by atoms with Crippen molar-refractivity contribution in [2.45, 2.75) is 49.3 Å². The molecule has 4 rings (SSSR count). The summed E-state index contributed by atoms with van der Waals surface area (Å²) in [5.41, 5.74) is 1.62. The van der Waals surface area contributed by atoms with Gasteiger partial charge in [-0.1, -0.05) is 12.1 Å². The molecule has 2 fully saturated rings. The lowest BCUT2D eigenvalue weighted by Gasteiger charge is -2.41.